The van der Waals surface area contributed by atoms with E-state index in [0.717, 1.165) is 6.42 Å². The van der Waals surface area contributed by atoms with Crippen molar-refractivity contribution in [1.82, 2.24) is 14.9 Å². The Kier molecular flexibility index (Phi) is 5.59. The second-order valence-corrected chi connectivity index (χ2v) is 9.31. The highest BCUT2D eigenvalue weighted by Crippen LogP contribution is 2.23. The average molecular weight is 406 g/mol. The number of piperidine rings is 1. The van der Waals surface area contributed by atoms with Crippen molar-refractivity contribution in [2.24, 2.45) is 0 Å². The fourth-order valence-electron chi connectivity index (χ4n) is 2.97. The first-order valence-electron chi connectivity index (χ1n) is 8.94. The molecule has 1 fully saturated rings. The van der Waals surface area contributed by atoms with E-state index in [1.807, 2.05) is 0 Å². The molecule has 3 rings (SSSR count). The maximum atomic E-state index is 13.0. The zero-order valence-electron chi connectivity index (χ0n) is 16.0. The second-order valence-electron chi connectivity index (χ2n) is 7.63. The van der Waals surface area contributed by atoms with Crippen LogP contribution in [0, 0.1) is 10.1 Å². The van der Waals surface area contributed by atoms with Crippen molar-refractivity contribution in [2.75, 3.05) is 13.1 Å². The van der Waals surface area contributed by atoms with Gasteiger partial charge in [-0.3, -0.25) is 19.3 Å². The van der Waals surface area contributed by atoms with Gasteiger partial charge in [0.25, 0.3) is 5.69 Å². The summed E-state index contributed by atoms with van der Waals surface area (Å²) in [4.78, 5) is 32.8. The first-order valence-corrected chi connectivity index (χ1v) is 10.1. The normalized spacial score (nSPS) is 18.7. The Labute approximate surface area is 164 Å². The van der Waals surface area contributed by atoms with Crippen LogP contribution in [0.3, 0.4) is 0 Å². The van der Waals surface area contributed by atoms with Crippen LogP contribution in [0.15, 0.2) is 29.4 Å². The number of carbonyl (C=O) groups is 1. The molecule has 1 saturated heterocycles. The number of nitrogens with zero attached hydrogens (tertiary/aromatic N) is 4. The van der Waals surface area contributed by atoms with Gasteiger partial charge in [-0.2, -0.15) is 0 Å². The van der Waals surface area contributed by atoms with E-state index in [9.17, 15) is 19.1 Å². The third-order valence-corrected chi connectivity index (χ3v) is 5.85. The van der Waals surface area contributed by atoms with Gasteiger partial charge in [0.2, 0.25) is 0 Å². The number of carbonyl (C=O) groups excluding carboxylic acids is 1. The number of fused-ring (bicyclic) bond motifs is 1. The van der Waals surface area contributed by atoms with Gasteiger partial charge in [-0.05, 0) is 39.7 Å². The zero-order valence-corrected chi connectivity index (χ0v) is 16.8. The number of aromatic nitrogens is 2. The topological polar surface area (TPSA) is 116 Å². The summed E-state index contributed by atoms with van der Waals surface area (Å²) in [6, 6.07) is 4.17. The highest BCUT2D eigenvalue weighted by Gasteiger charge is 2.31. The van der Waals surface area contributed by atoms with E-state index in [1.165, 1.54) is 24.4 Å². The summed E-state index contributed by atoms with van der Waals surface area (Å²) in [5.41, 5.74) is 0.150. The summed E-state index contributed by atoms with van der Waals surface area (Å²) in [5.74, 6) is 0. The van der Waals surface area contributed by atoms with Crippen LogP contribution in [-0.4, -0.2) is 54.0 Å². The van der Waals surface area contributed by atoms with Gasteiger partial charge in [0, 0.05) is 25.2 Å². The molecule has 10 heteroatoms. The Morgan fingerprint density at radius 1 is 1.36 bits per heavy atom. The molecule has 0 N–H and O–H groups in total. The zero-order chi connectivity index (χ0) is 20.5. The number of rotatable bonds is 3. The molecule has 1 aromatic carbocycles. The quantitative estimate of drug-likeness (QED) is 0.568. The van der Waals surface area contributed by atoms with Crippen molar-refractivity contribution in [2.45, 2.75) is 49.5 Å². The molecule has 0 aliphatic carbocycles. The van der Waals surface area contributed by atoms with Gasteiger partial charge in [-0.25, -0.2) is 9.78 Å². The van der Waals surface area contributed by atoms with Crippen molar-refractivity contribution >= 4 is 33.6 Å². The van der Waals surface area contributed by atoms with Gasteiger partial charge in [0.05, 0.1) is 38.2 Å². The maximum absolute atomic E-state index is 13.0. The van der Waals surface area contributed by atoms with E-state index < -0.39 is 27.4 Å². The van der Waals surface area contributed by atoms with Crippen molar-refractivity contribution in [1.29, 1.82) is 0 Å². The lowest BCUT2D eigenvalue weighted by molar-refractivity contribution is -0.384. The van der Waals surface area contributed by atoms with E-state index in [1.54, 1.807) is 25.7 Å². The fraction of sp³-hybridized carbons (Fsp3) is 0.500. The van der Waals surface area contributed by atoms with Crippen molar-refractivity contribution in [3.63, 3.8) is 0 Å². The van der Waals surface area contributed by atoms with Crippen LogP contribution in [0.5, 0.6) is 0 Å². The molecule has 2 heterocycles. The lowest BCUT2D eigenvalue weighted by Gasteiger charge is -2.33. The third-order valence-electron chi connectivity index (χ3n) is 4.25. The first-order chi connectivity index (χ1) is 13.1. The van der Waals surface area contributed by atoms with E-state index in [4.69, 9.17) is 4.74 Å². The van der Waals surface area contributed by atoms with Crippen LogP contribution in [0.2, 0.25) is 0 Å². The molecule has 2 atom stereocenters. The molecule has 28 heavy (non-hydrogen) atoms. The first kappa shape index (κ1) is 20.1. The van der Waals surface area contributed by atoms with Gasteiger partial charge in [0.15, 0.2) is 0 Å². The molecule has 1 aliphatic heterocycles. The van der Waals surface area contributed by atoms with Crippen molar-refractivity contribution in [3.8, 4) is 0 Å². The van der Waals surface area contributed by atoms with Crippen LogP contribution in [0.4, 0.5) is 10.5 Å². The van der Waals surface area contributed by atoms with Gasteiger partial charge in [-0.1, -0.05) is 0 Å². The fourth-order valence-corrected chi connectivity index (χ4v) is 4.35. The largest absolute Gasteiger partial charge is 0.444 e. The minimum absolute atomic E-state index is 0.0732. The number of nitro benzene ring substituents is 1. The molecule has 2 aromatic rings. The molecular weight excluding hydrogens is 384 g/mol. The Morgan fingerprint density at radius 2 is 2.11 bits per heavy atom. The summed E-state index contributed by atoms with van der Waals surface area (Å²) in [6.07, 6.45) is 2.40. The molecule has 0 spiro atoms. The van der Waals surface area contributed by atoms with E-state index >= 15 is 0 Å². The average Bonchev–Trinajstić information content (AvgIpc) is 2.65. The van der Waals surface area contributed by atoms with E-state index in [-0.39, 0.29) is 10.9 Å². The molecule has 0 saturated carbocycles. The third kappa shape index (κ3) is 4.61. The highest BCUT2D eigenvalue weighted by atomic mass is 32.2. The van der Waals surface area contributed by atoms with Crippen molar-refractivity contribution < 1.29 is 18.7 Å². The summed E-state index contributed by atoms with van der Waals surface area (Å²) in [7, 11) is -1.46. The Hall–Kier alpha value is -2.62. The molecule has 0 unspecified atom stereocenters. The van der Waals surface area contributed by atoms with E-state index in [2.05, 4.69) is 9.97 Å². The van der Waals surface area contributed by atoms with Crippen LogP contribution < -0.4 is 0 Å². The minimum atomic E-state index is -1.46. The van der Waals surface area contributed by atoms with Crippen LogP contribution in [0.25, 0.3) is 11.0 Å². The molecule has 0 radical (unpaired) electrons. The van der Waals surface area contributed by atoms with Gasteiger partial charge in [0.1, 0.15) is 10.6 Å². The molecular formula is C18H22N4O5S. The molecule has 1 amide bonds. The van der Waals surface area contributed by atoms with Crippen LogP contribution in [-0.2, 0) is 15.5 Å². The van der Waals surface area contributed by atoms with E-state index in [0.29, 0.717) is 35.6 Å². The number of ether oxygens (including phenoxy) is 1. The Bertz CT molecular complexity index is 943. The van der Waals surface area contributed by atoms with Gasteiger partial charge >= 0.3 is 6.09 Å². The van der Waals surface area contributed by atoms with Crippen molar-refractivity contribution in [3.05, 3.63) is 34.5 Å². The lowest BCUT2D eigenvalue weighted by Crippen LogP contribution is -2.45. The van der Waals surface area contributed by atoms with Gasteiger partial charge < -0.3 is 9.64 Å². The maximum Gasteiger partial charge on any atom is 0.410 e. The van der Waals surface area contributed by atoms with Crippen LogP contribution >= 0.6 is 0 Å². The summed E-state index contributed by atoms with van der Waals surface area (Å²) >= 11 is 0. The van der Waals surface area contributed by atoms with Crippen LogP contribution in [0.1, 0.15) is 33.6 Å². The number of non-ortho nitro benzene ring substituents is 1. The predicted molar refractivity (Wildman–Crippen MR) is 103 cm³/mol. The second kappa shape index (κ2) is 7.78. The summed E-state index contributed by atoms with van der Waals surface area (Å²) < 4.78 is 18.4. The molecule has 1 aromatic heterocycles. The molecule has 0 bridgehead atoms. The number of nitro groups is 1. The Morgan fingerprint density at radius 3 is 2.79 bits per heavy atom. The SMILES string of the molecule is CC(C)(C)OC(=O)N1CCC[C@H]([S@@](=O)c2cnc3cc([N+](=O)[O-])ccc3n2)C1. The number of likely N-dealkylation sites (tertiary alicyclic amines) is 1. The molecule has 150 valence electrons. The number of hydrogen-bond acceptors (Lipinski definition) is 7. The highest BCUT2D eigenvalue weighted by molar-refractivity contribution is 7.85. The minimum Gasteiger partial charge on any atom is -0.444 e. The number of benzene rings is 1. The number of amides is 1. The number of hydrogen-bond donors (Lipinski definition) is 0. The van der Waals surface area contributed by atoms with Gasteiger partial charge in [-0.15, -0.1) is 0 Å². The monoisotopic (exact) mass is 406 g/mol. The summed E-state index contributed by atoms with van der Waals surface area (Å²) in [6.45, 7) is 6.30. The summed E-state index contributed by atoms with van der Waals surface area (Å²) in [5, 5.41) is 10.9. The molecule has 9 nitrogen and oxygen atoms in total. The lowest BCUT2D eigenvalue weighted by atomic mass is 10.1. The predicted octanol–water partition coefficient (Wildman–Crippen LogP) is 3.05. The standard InChI is InChI=1S/C18H22N4O5S/c1-18(2,3)27-17(23)21-8-4-5-13(11-21)28(26)16-10-19-15-9-12(22(24)25)6-7-14(15)20-16/h6-7,9-10,13H,4-5,8,11H2,1-3H3/t13-,28+/m0/s1. The smallest absolute Gasteiger partial charge is 0.410 e. The molecule has 1 aliphatic rings. The Balaban J connectivity index is 1.76.